The summed E-state index contributed by atoms with van der Waals surface area (Å²) in [5, 5.41) is 13.2. The van der Waals surface area contributed by atoms with Gasteiger partial charge in [0.05, 0.1) is 36.4 Å². The van der Waals surface area contributed by atoms with Crippen molar-refractivity contribution in [3.8, 4) is 17.1 Å². The van der Waals surface area contributed by atoms with Gasteiger partial charge in [0.25, 0.3) is 0 Å². The SMILES string of the molecule is COc1cc(Cl)c(C)cc1NC(=O)CSc1nnc(-c2ccccc2Cl)n1Cc1ccco1. The Morgan fingerprint density at radius 2 is 1.97 bits per heavy atom. The van der Waals surface area contributed by atoms with Gasteiger partial charge in [-0.3, -0.25) is 9.36 Å². The van der Waals surface area contributed by atoms with Crippen molar-refractivity contribution in [2.75, 3.05) is 18.2 Å². The molecule has 0 atom stereocenters. The number of ether oxygens (including phenoxy) is 1. The van der Waals surface area contributed by atoms with E-state index in [-0.39, 0.29) is 11.7 Å². The van der Waals surface area contributed by atoms with Gasteiger partial charge in [-0.15, -0.1) is 10.2 Å². The Labute approximate surface area is 205 Å². The molecular weight excluding hydrogens is 483 g/mol. The van der Waals surface area contributed by atoms with Crippen LogP contribution in [0, 0.1) is 6.92 Å². The van der Waals surface area contributed by atoms with Crippen molar-refractivity contribution in [3.05, 3.63) is 76.2 Å². The third kappa shape index (κ3) is 5.35. The molecule has 170 valence electrons. The Hall–Kier alpha value is -2.94. The third-order valence-electron chi connectivity index (χ3n) is 4.81. The summed E-state index contributed by atoms with van der Waals surface area (Å²) in [4.78, 5) is 12.7. The number of halogens is 2. The number of methoxy groups -OCH3 is 1. The molecule has 33 heavy (non-hydrogen) atoms. The molecule has 10 heteroatoms. The van der Waals surface area contributed by atoms with E-state index in [2.05, 4.69) is 15.5 Å². The zero-order chi connectivity index (χ0) is 23.4. The fourth-order valence-corrected chi connectivity index (χ4v) is 4.30. The lowest BCUT2D eigenvalue weighted by Crippen LogP contribution is -2.15. The second-order valence-corrected chi connectivity index (χ2v) is 8.85. The van der Waals surface area contributed by atoms with Gasteiger partial charge in [-0.2, -0.15) is 0 Å². The van der Waals surface area contributed by atoms with Crippen molar-refractivity contribution < 1.29 is 13.9 Å². The number of thioether (sulfide) groups is 1. The molecular formula is C23H20Cl2N4O3S. The first-order valence-corrected chi connectivity index (χ1v) is 11.7. The number of benzene rings is 2. The number of carbonyl (C=O) groups excluding carboxylic acids is 1. The standard InChI is InChI=1S/C23H20Cl2N4O3S/c1-14-10-19(20(31-2)11-18(14)25)26-21(30)13-33-23-28-27-22(16-7-3-4-8-17(16)24)29(23)12-15-6-5-9-32-15/h3-11H,12-13H2,1-2H3,(H,26,30). The number of furan rings is 1. The lowest BCUT2D eigenvalue weighted by Gasteiger charge is -2.12. The van der Waals surface area contributed by atoms with Crippen LogP contribution >= 0.6 is 35.0 Å². The molecule has 0 spiro atoms. The molecule has 2 aromatic carbocycles. The monoisotopic (exact) mass is 502 g/mol. The molecule has 7 nitrogen and oxygen atoms in total. The van der Waals surface area contributed by atoms with Crippen LogP contribution in [-0.2, 0) is 11.3 Å². The topological polar surface area (TPSA) is 82.2 Å². The second kappa shape index (κ2) is 10.3. The molecule has 0 unspecified atom stereocenters. The van der Waals surface area contributed by atoms with Gasteiger partial charge in [-0.25, -0.2) is 0 Å². The van der Waals surface area contributed by atoms with Crippen LogP contribution in [-0.4, -0.2) is 33.5 Å². The molecule has 0 radical (unpaired) electrons. The molecule has 0 fully saturated rings. The summed E-state index contributed by atoms with van der Waals surface area (Å²) in [5.74, 6) is 1.72. The molecule has 2 aromatic heterocycles. The van der Waals surface area contributed by atoms with Crippen LogP contribution in [0.2, 0.25) is 10.0 Å². The quantitative estimate of drug-likeness (QED) is 0.300. The van der Waals surface area contributed by atoms with E-state index in [1.165, 1.54) is 18.9 Å². The molecule has 0 bridgehead atoms. The summed E-state index contributed by atoms with van der Waals surface area (Å²) in [6.45, 7) is 2.26. The van der Waals surface area contributed by atoms with E-state index < -0.39 is 0 Å². The van der Waals surface area contributed by atoms with Crippen LogP contribution in [0.1, 0.15) is 11.3 Å². The zero-order valence-corrected chi connectivity index (χ0v) is 20.2. The van der Waals surface area contributed by atoms with Gasteiger partial charge in [0.1, 0.15) is 11.5 Å². The maximum atomic E-state index is 12.7. The van der Waals surface area contributed by atoms with Gasteiger partial charge in [-0.1, -0.05) is 47.1 Å². The minimum absolute atomic E-state index is 0.115. The first-order chi connectivity index (χ1) is 16.0. The number of nitrogens with zero attached hydrogens (tertiary/aromatic N) is 3. The summed E-state index contributed by atoms with van der Waals surface area (Å²) < 4.78 is 12.7. The summed E-state index contributed by atoms with van der Waals surface area (Å²) in [6, 6.07) is 14.5. The van der Waals surface area contributed by atoms with Crippen molar-refractivity contribution in [2.24, 2.45) is 0 Å². The molecule has 2 heterocycles. The molecule has 4 aromatic rings. The van der Waals surface area contributed by atoms with Crippen LogP contribution in [0.25, 0.3) is 11.4 Å². The fraction of sp³-hybridized carbons (Fsp3) is 0.174. The number of nitrogens with one attached hydrogen (secondary N) is 1. The number of hydrogen-bond donors (Lipinski definition) is 1. The van der Waals surface area contributed by atoms with Crippen LogP contribution in [0.3, 0.4) is 0 Å². The van der Waals surface area contributed by atoms with Crippen molar-refractivity contribution in [2.45, 2.75) is 18.6 Å². The van der Waals surface area contributed by atoms with Crippen LogP contribution in [0.5, 0.6) is 5.75 Å². The van der Waals surface area contributed by atoms with E-state index in [1.54, 1.807) is 24.5 Å². The molecule has 1 N–H and O–H groups in total. The number of aromatic nitrogens is 3. The maximum absolute atomic E-state index is 12.7. The molecule has 4 rings (SSSR count). The highest BCUT2D eigenvalue weighted by molar-refractivity contribution is 7.99. The van der Waals surface area contributed by atoms with Crippen LogP contribution in [0.15, 0.2) is 64.4 Å². The lowest BCUT2D eigenvalue weighted by atomic mass is 10.2. The predicted molar refractivity (Wildman–Crippen MR) is 130 cm³/mol. The number of rotatable bonds is 8. The number of aryl methyl sites for hydroxylation is 1. The molecule has 1 amide bonds. The van der Waals surface area contributed by atoms with Crippen LogP contribution in [0.4, 0.5) is 5.69 Å². The van der Waals surface area contributed by atoms with Gasteiger partial charge < -0.3 is 14.5 Å². The zero-order valence-electron chi connectivity index (χ0n) is 17.8. The first kappa shape index (κ1) is 23.2. The van der Waals surface area contributed by atoms with Gasteiger partial charge in [0, 0.05) is 16.7 Å². The van der Waals surface area contributed by atoms with E-state index in [0.29, 0.717) is 39.0 Å². The van der Waals surface area contributed by atoms with E-state index in [0.717, 1.165) is 16.9 Å². The van der Waals surface area contributed by atoms with Gasteiger partial charge in [0.2, 0.25) is 5.91 Å². The first-order valence-electron chi connectivity index (χ1n) is 9.93. The minimum atomic E-state index is -0.216. The summed E-state index contributed by atoms with van der Waals surface area (Å²) in [7, 11) is 1.53. The van der Waals surface area contributed by atoms with Crippen LogP contribution < -0.4 is 10.1 Å². The average Bonchev–Trinajstić information content (AvgIpc) is 3.45. The highest BCUT2D eigenvalue weighted by atomic mass is 35.5. The Bertz CT molecular complexity index is 1270. The second-order valence-electron chi connectivity index (χ2n) is 7.09. The molecule has 0 aliphatic heterocycles. The number of amides is 1. The highest BCUT2D eigenvalue weighted by Gasteiger charge is 2.19. The number of carbonyl (C=O) groups is 1. The molecule has 0 aliphatic rings. The smallest absolute Gasteiger partial charge is 0.234 e. The molecule has 0 saturated carbocycles. The van der Waals surface area contributed by atoms with E-state index in [9.17, 15) is 4.79 Å². The highest BCUT2D eigenvalue weighted by Crippen LogP contribution is 2.32. The average molecular weight is 503 g/mol. The molecule has 0 saturated heterocycles. The van der Waals surface area contributed by atoms with Crippen molar-refractivity contribution in [1.29, 1.82) is 0 Å². The Morgan fingerprint density at radius 1 is 1.15 bits per heavy atom. The molecule has 0 aliphatic carbocycles. The van der Waals surface area contributed by atoms with E-state index >= 15 is 0 Å². The van der Waals surface area contributed by atoms with Gasteiger partial charge in [0.15, 0.2) is 11.0 Å². The number of hydrogen-bond acceptors (Lipinski definition) is 6. The van der Waals surface area contributed by atoms with Crippen molar-refractivity contribution >= 4 is 46.6 Å². The summed E-state index contributed by atoms with van der Waals surface area (Å²) >= 11 is 13.8. The van der Waals surface area contributed by atoms with Crippen molar-refractivity contribution in [3.63, 3.8) is 0 Å². The lowest BCUT2D eigenvalue weighted by molar-refractivity contribution is -0.113. The summed E-state index contributed by atoms with van der Waals surface area (Å²) in [5.41, 5.74) is 2.14. The normalized spacial score (nSPS) is 10.9. The van der Waals surface area contributed by atoms with Gasteiger partial charge >= 0.3 is 0 Å². The Balaban J connectivity index is 1.55. The number of anilines is 1. The largest absolute Gasteiger partial charge is 0.495 e. The summed E-state index contributed by atoms with van der Waals surface area (Å²) in [6.07, 6.45) is 1.61. The van der Waals surface area contributed by atoms with Gasteiger partial charge in [-0.05, 0) is 42.8 Å². The van der Waals surface area contributed by atoms with E-state index in [4.69, 9.17) is 32.4 Å². The third-order valence-corrected chi connectivity index (χ3v) is 6.52. The maximum Gasteiger partial charge on any atom is 0.234 e. The Kier molecular flexibility index (Phi) is 7.27. The predicted octanol–water partition coefficient (Wildman–Crippen LogP) is 5.94. The fourth-order valence-electron chi connectivity index (χ4n) is 3.18. The minimum Gasteiger partial charge on any atom is -0.495 e. The van der Waals surface area contributed by atoms with Crippen molar-refractivity contribution in [1.82, 2.24) is 14.8 Å². The van der Waals surface area contributed by atoms with E-state index in [1.807, 2.05) is 41.8 Å². The Morgan fingerprint density at radius 3 is 2.70 bits per heavy atom.